The Morgan fingerprint density at radius 3 is 2.52 bits per heavy atom. The molecule has 4 nitrogen and oxygen atoms in total. The lowest BCUT2D eigenvalue weighted by molar-refractivity contribution is -0.104. The van der Waals surface area contributed by atoms with E-state index in [2.05, 4.69) is 5.32 Å². The van der Waals surface area contributed by atoms with Crippen molar-refractivity contribution in [2.45, 2.75) is 13.3 Å². The van der Waals surface area contributed by atoms with Crippen LogP contribution in [0.2, 0.25) is 0 Å². The van der Waals surface area contributed by atoms with Crippen molar-refractivity contribution in [3.63, 3.8) is 0 Å². The number of hydrogen-bond donors (Lipinski definition) is 2. The van der Waals surface area contributed by atoms with E-state index >= 15 is 0 Å². The van der Waals surface area contributed by atoms with Crippen LogP contribution in [0.25, 0.3) is 5.57 Å². The van der Waals surface area contributed by atoms with Gasteiger partial charge < -0.3 is 15.2 Å². The number of phenols is 1. The minimum Gasteiger partial charge on any atom is -0.507 e. The average Bonchev–Trinajstić information content (AvgIpc) is 2.59. The van der Waals surface area contributed by atoms with Gasteiger partial charge in [-0.25, -0.2) is 0 Å². The zero-order chi connectivity index (χ0) is 16.8. The second kappa shape index (κ2) is 7.49. The first-order valence-electron chi connectivity index (χ1n) is 7.38. The van der Waals surface area contributed by atoms with Gasteiger partial charge in [-0.05, 0) is 23.6 Å². The molecule has 2 rings (SSSR count). The van der Waals surface area contributed by atoms with Crippen LogP contribution in [-0.4, -0.2) is 25.6 Å². The molecule has 0 aliphatic rings. The molecule has 0 amide bonds. The fourth-order valence-electron chi connectivity index (χ4n) is 2.55. The van der Waals surface area contributed by atoms with Crippen LogP contribution >= 0.6 is 0 Å². The maximum atomic E-state index is 11.6. The molecule has 4 heteroatoms. The molecule has 0 heterocycles. The molecule has 0 fully saturated rings. The molecule has 0 atom stereocenters. The van der Waals surface area contributed by atoms with Gasteiger partial charge in [-0.1, -0.05) is 30.3 Å². The molecule has 2 aromatic carbocycles. The zero-order valence-corrected chi connectivity index (χ0v) is 13.6. The Morgan fingerprint density at radius 2 is 1.96 bits per heavy atom. The minimum atomic E-state index is 0.0820. The van der Waals surface area contributed by atoms with E-state index in [1.165, 1.54) is 0 Å². The highest BCUT2D eigenvalue weighted by Gasteiger charge is 2.15. The standard InChI is InChI=1S/C19H21NO3/c1-13(15(12-21)9-14-7-5-4-6-8-14)19-17(20-2)10-16(23-3)11-18(19)22/h4-8,10-12,20,22H,9H2,1-3H3. The van der Waals surface area contributed by atoms with Gasteiger partial charge in [0.1, 0.15) is 17.8 Å². The lowest BCUT2D eigenvalue weighted by Gasteiger charge is -2.16. The van der Waals surface area contributed by atoms with Crippen LogP contribution in [0, 0.1) is 0 Å². The highest BCUT2D eigenvalue weighted by Crippen LogP contribution is 2.37. The molecule has 120 valence electrons. The first-order valence-corrected chi connectivity index (χ1v) is 7.38. The van der Waals surface area contributed by atoms with Gasteiger partial charge in [-0.2, -0.15) is 0 Å². The lowest BCUT2D eigenvalue weighted by atomic mass is 9.95. The third kappa shape index (κ3) is 3.72. The van der Waals surface area contributed by atoms with Crippen LogP contribution in [0.3, 0.4) is 0 Å². The number of carbonyl (C=O) groups is 1. The minimum absolute atomic E-state index is 0.0820. The monoisotopic (exact) mass is 311 g/mol. The summed E-state index contributed by atoms with van der Waals surface area (Å²) in [6.07, 6.45) is 1.37. The first kappa shape index (κ1) is 16.6. The Balaban J connectivity index is 2.51. The van der Waals surface area contributed by atoms with Crippen molar-refractivity contribution in [2.24, 2.45) is 0 Å². The lowest BCUT2D eigenvalue weighted by Crippen LogP contribution is -2.01. The number of allylic oxidation sites excluding steroid dienone is 2. The van der Waals surface area contributed by atoms with E-state index in [4.69, 9.17) is 4.74 Å². The van der Waals surface area contributed by atoms with Gasteiger partial charge in [0.25, 0.3) is 0 Å². The van der Waals surface area contributed by atoms with Crippen LogP contribution < -0.4 is 10.1 Å². The molecule has 0 spiro atoms. The third-order valence-corrected chi connectivity index (χ3v) is 3.83. The molecule has 2 N–H and O–H groups in total. The first-order chi connectivity index (χ1) is 11.1. The number of methoxy groups -OCH3 is 1. The van der Waals surface area contributed by atoms with E-state index in [1.54, 1.807) is 26.3 Å². The number of benzene rings is 2. The summed E-state index contributed by atoms with van der Waals surface area (Å²) in [6.45, 7) is 1.84. The molecule has 23 heavy (non-hydrogen) atoms. The second-order valence-electron chi connectivity index (χ2n) is 5.25. The van der Waals surface area contributed by atoms with Gasteiger partial charge in [0.05, 0.1) is 7.11 Å². The van der Waals surface area contributed by atoms with Crippen molar-refractivity contribution in [1.29, 1.82) is 0 Å². The van der Waals surface area contributed by atoms with Gasteiger partial charge >= 0.3 is 0 Å². The third-order valence-electron chi connectivity index (χ3n) is 3.83. The van der Waals surface area contributed by atoms with Crippen molar-refractivity contribution in [2.75, 3.05) is 19.5 Å². The van der Waals surface area contributed by atoms with E-state index in [-0.39, 0.29) is 5.75 Å². The smallest absolute Gasteiger partial charge is 0.146 e. The fraction of sp³-hybridized carbons (Fsp3) is 0.211. The molecule has 0 saturated heterocycles. The summed E-state index contributed by atoms with van der Waals surface area (Å²) in [4.78, 5) is 11.6. The SMILES string of the molecule is CNc1cc(OC)cc(O)c1C(C)=C(C=O)Cc1ccccc1. The van der Waals surface area contributed by atoms with E-state index in [0.717, 1.165) is 17.4 Å². The number of ether oxygens (including phenoxy) is 1. The number of rotatable bonds is 6. The predicted octanol–water partition coefficient (Wildman–Crippen LogP) is 3.66. The Labute approximate surface area is 136 Å². The number of phenolic OH excluding ortho intramolecular Hbond substituents is 1. The molecular weight excluding hydrogens is 290 g/mol. The molecular formula is C19H21NO3. The number of hydrogen-bond acceptors (Lipinski definition) is 4. The number of aromatic hydroxyl groups is 1. The Bertz CT molecular complexity index is 721. The zero-order valence-electron chi connectivity index (χ0n) is 13.6. The van der Waals surface area contributed by atoms with Gasteiger partial charge in [-0.15, -0.1) is 0 Å². The summed E-state index contributed by atoms with van der Waals surface area (Å²) in [5.74, 6) is 0.637. The van der Waals surface area contributed by atoms with Crippen molar-refractivity contribution < 1.29 is 14.6 Å². The Kier molecular flexibility index (Phi) is 5.41. The summed E-state index contributed by atoms with van der Waals surface area (Å²) < 4.78 is 5.17. The summed E-state index contributed by atoms with van der Waals surface area (Å²) >= 11 is 0. The predicted molar refractivity (Wildman–Crippen MR) is 93.0 cm³/mol. The molecule has 0 aliphatic carbocycles. The highest BCUT2D eigenvalue weighted by atomic mass is 16.5. The number of aldehydes is 1. The molecule has 0 unspecified atom stereocenters. The van der Waals surface area contributed by atoms with Crippen LogP contribution in [0.5, 0.6) is 11.5 Å². The van der Waals surface area contributed by atoms with Crippen molar-refractivity contribution in [3.05, 3.63) is 59.2 Å². The van der Waals surface area contributed by atoms with Crippen LogP contribution in [-0.2, 0) is 11.2 Å². The fourth-order valence-corrected chi connectivity index (χ4v) is 2.55. The molecule has 0 radical (unpaired) electrons. The summed E-state index contributed by atoms with van der Waals surface area (Å²) in [7, 11) is 3.31. The van der Waals surface area contributed by atoms with Crippen LogP contribution in [0.15, 0.2) is 48.0 Å². The summed E-state index contributed by atoms with van der Waals surface area (Å²) in [6, 6.07) is 13.1. The van der Waals surface area contributed by atoms with Crippen molar-refractivity contribution in [1.82, 2.24) is 0 Å². The number of anilines is 1. The normalized spacial score (nSPS) is 11.6. The van der Waals surface area contributed by atoms with Gasteiger partial charge in [0.15, 0.2) is 0 Å². The molecule has 0 bridgehead atoms. The number of nitrogens with one attached hydrogen (secondary N) is 1. The highest BCUT2D eigenvalue weighted by molar-refractivity contribution is 5.93. The maximum Gasteiger partial charge on any atom is 0.146 e. The van der Waals surface area contributed by atoms with E-state index in [1.807, 2.05) is 37.3 Å². The Morgan fingerprint density at radius 1 is 1.26 bits per heavy atom. The largest absolute Gasteiger partial charge is 0.507 e. The quantitative estimate of drug-likeness (QED) is 0.631. The molecule has 2 aromatic rings. The maximum absolute atomic E-state index is 11.6. The summed E-state index contributed by atoms with van der Waals surface area (Å²) in [5.41, 5.74) is 3.76. The average molecular weight is 311 g/mol. The summed E-state index contributed by atoms with van der Waals surface area (Å²) in [5, 5.41) is 13.4. The van der Waals surface area contributed by atoms with Crippen molar-refractivity contribution in [3.8, 4) is 11.5 Å². The molecule has 0 aromatic heterocycles. The Hall–Kier alpha value is -2.75. The topological polar surface area (TPSA) is 58.6 Å². The van der Waals surface area contributed by atoms with Crippen LogP contribution in [0.1, 0.15) is 18.1 Å². The van der Waals surface area contributed by atoms with Gasteiger partial charge in [-0.3, -0.25) is 4.79 Å². The molecule has 0 aliphatic heterocycles. The van der Waals surface area contributed by atoms with E-state index in [9.17, 15) is 9.90 Å². The van der Waals surface area contributed by atoms with Gasteiger partial charge in [0, 0.05) is 36.9 Å². The van der Waals surface area contributed by atoms with E-state index in [0.29, 0.717) is 29.0 Å². The van der Waals surface area contributed by atoms with Crippen molar-refractivity contribution >= 4 is 17.5 Å². The van der Waals surface area contributed by atoms with Crippen LogP contribution in [0.4, 0.5) is 5.69 Å². The van der Waals surface area contributed by atoms with Gasteiger partial charge in [0.2, 0.25) is 0 Å². The molecule has 0 saturated carbocycles. The number of carbonyl (C=O) groups excluding carboxylic acids is 1. The van der Waals surface area contributed by atoms with E-state index < -0.39 is 0 Å². The second-order valence-corrected chi connectivity index (χ2v) is 5.25.